The van der Waals surface area contributed by atoms with E-state index in [1.165, 1.54) is 16.7 Å². The topological polar surface area (TPSA) is 29.5 Å². The minimum atomic E-state index is -0.154. The van der Waals surface area contributed by atoms with Gasteiger partial charge in [-0.25, -0.2) is 4.79 Å². The Bertz CT molecular complexity index is 622. The third-order valence-electron chi connectivity index (χ3n) is 4.60. The molecule has 0 spiro atoms. The van der Waals surface area contributed by atoms with Crippen LogP contribution in [-0.4, -0.2) is 30.1 Å². The van der Waals surface area contributed by atoms with Crippen LogP contribution in [0.25, 0.3) is 0 Å². The first-order valence-corrected chi connectivity index (χ1v) is 9.11. The first-order chi connectivity index (χ1) is 11.8. The van der Waals surface area contributed by atoms with Gasteiger partial charge in [-0.2, -0.15) is 0 Å². The number of hydrogen-bond donors (Lipinski definition) is 0. The van der Waals surface area contributed by atoms with Gasteiger partial charge in [-0.15, -0.1) is 0 Å². The molecule has 1 fully saturated rings. The second-order valence-electron chi connectivity index (χ2n) is 7.91. The van der Waals surface area contributed by atoms with Crippen molar-refractivity contribution in [2.75, 3.05) is 13.2 Å². The Balaban J connectivity index is 2.00. The zero-order valence-electron chi connectivity index (χ0n) is 16.0. The normalized spacial score (nSPS) is 18.3. The van der Waals surface area contributed by atoms with Crippen LogP contribution in [0.3, 0.4) is 0 Å². The van der Waals surface area contributed by atoms with Crippen molar-refractivity contribution in [2.24, 2.45) is 0 Å². The predicted molar refractivity (Wildman–Crippen MR) is 103 cm³/mol. The van der Waals surface area contributed by atoms with E-state index in [0.29, 0.717) is 0 Å². The molecule has 0 aliphatic carbocycles. The highest BCUT2D eigenvalue weighted by Crippen LogP contribution is 2.24. The summed E-state index contributed by atoms with van der Waals surface area (Å²) in [5.41, 5.74) is 4.08. The van der Waals surface area contributed by atoms with Crippen LogP contribution in [0.1, 0.15) is 51.7 Å². The van der Waals surface area contributed by atoms with Gasteiger partial charge in [0.1, 0.15) is 12.6 Å². The minimum Gasteiger partial charge on any atom is -0.460 e. The fourth-order valence-electron chi connectivity index (χ4n) is 3.21. The molecule has 1 saturated heterocycles. The van der Waals surface area contributed by atoms with E-state index in [9.17, 15) is 4.79 Å². The number of allylic oxidation sites excluding steroid dienone is 1. The van der Waals surface area contributed by atoms with Gasteiger partial charge in [0.15, 0.2) is 0 Å². The summed E-state index contributed by atoms with van der Waals surface area (Å²) in [5, 5.41) is 0. The van der Waals surface area contributed by atoms with Gasteiger partial charge in [0, 0.05) is 6.54 Å². The summed E-state index contributed by atoms with van der Waals surface area (Å²) in [5.74, 6) is -0.143. The van der Waals surface area contributed by atoms with Crippen molar-refractivity contribution in [3.63, 3.8) is 0 Å². The van der Waals surface area contributed by atoms with Crippen LogP contribution in [-0.2, 0) is 21.4 Å². The molecule has 25 heavy (non-hydrogen) atoms. The molecule has 1 aromatic carbocycles. The van der Waals surface area contributed by atoms with Crippen LogP contribution in [0.15, 0.2) is 48.7 Å². The molecule has 136 valence electrons. The molecule has 3 nitrogen and oxygen atoms in total. The number of ether oxygens (including phenoxy) is 1. The second-order valence-corrected chi connectivity index (χ2v) is 7.91. The molecule has 0 bridgehead atoms. The number of esters is 1. The lowest BCUT2D eigenvalue weighted by molar-refractivity contribution is -0.146. The molecule has 1 aliphatic rings. The van der Waals surface area contributed by atoms with Crippen LogP contribution < -0.4 is 0 Å². The highest BCUT2D eigenvalue weighted by Gasteiger charge is 2.29. The number of carbonyl (C=O) groups excluding carboxylic acids is 1. The molecule has 0 amide bonds. The second kappa shape index (κ2) is 8.37. The van der Waals surface area contributed by atoms with Crippen molar-refractivity contribution in [3.8, 4) is 0 Å². The first kappa shape index (κ1) is 19.3. The van der Waals surface area contributed by atoms with Gasteiger partial charge < -0.3 is 9.64 Å². The van der Waals surface area contributed by atoms with E-state index in [1.807, 2.05) is 0 Å². The van der Waals surface area contributed by atoms with Crippen LogP contribution in [0.2, 0.25) is 0 Å². The lowest BCUT2D eigenvalue weighted by Gasteiger charge is -2.22. The molecular weight excluding hydrogens is 310 g/mol. The van der Waals surface area contributed by atoms with E-state index in [1.54, 1.807) is 6.08 Å². The van der Waals surface area contributed by atoms with Gasteiger partial charge in [0.05, 0.1) is 0 Å². The Hall–Kier alpha value is -2.03. The van der Waals surface area contributed by atoms with E-state index in [0.717, 1.165) is 25.8 Å². The maximum atomic E-state index is 12.1. The third kappa shape index (κ3) is 5.48. The molecule has 0 unspecified atom stereocenters. The zero-order chi connectivity index (χ0) is 18.4. The van der Waals surface area contributed by atoms with Crippen molar-refractivity contribution in [1.82, 2.24) is 4.90 Å². The fourth-order valence-corrected chi connectivity index (χ4v) is 3.21. The molecule has 1 atom stereocenters. The number of carbonyl (C=O) groups is 1. The molecular formula is C22H31NO2. The van der Waals surface area contributed by atoms with Crippen LogP contribution in [0.5, 0.6) is 0 Å². The quantitative estimate of drug-likeness (QED) is 0.558. The van der Waals surface area contributed by atoms with Gasteiger partial charge in [-0.1, -0.05) is 63.3 Å². The lowest BCUT2D eigenvalue weighted by Crippen LogP contribution is -2.34. The molecule has 1 aliphatic heterocycles. The standard InChI is InChI=1S/C22H31NO2/c1-6-14-25-21(24)20-8-7-13-23(20)16-17(2)15-18-9-11-19(12-10-18)22(3,4)5/h6,9-12,16,20H,1,7-8,13-15H2,2-5H3/b17-16+/t20-/m0/s1. The maximum absolute atomic E-state index is 12.1. The van der Waals surface area contributed by atoms with E-state index in [2.05, 4.69) is 69.6 Å². The molecule has 1 aromatic rings. The van der Waals surface area contributed by atoms with Crippen molar-refractivity contribution < 1.29 is 9.53 Å². The minimum absolute atomic E-state index is 0.143. The smallest absolute Gasteiger partial charge is 0.329 e. The largest absolute Gasteiger partial charge is 0.460 e. The SMILES string of the molecule is C=CCOC(=O)[C@@H]1CCCN1/C=C(\C)Cc1ccc(C(C)(C)C)cc1. The summed E-state index contributed by atoms with van der Waals surface area (Å²) in [7, 11) is 0. The summed E-state index contributed by atoms with van der Waals surface area (Å²) in [6.45, 7) is 13.6. The van der Waals surface area contributed by atoms with Crippen molar-refractivity contribution in [2.45, 2.75) is 58.4 Å². The van der Waals surface area contributed by atoms with Crippen LogP contribution in [0, 0.1) is 0 Å². The molecule has 0 saturated carbocycles. The van der Waals surface area contributed by atoms with Gasteiger partial charge in [-0.3, -0.25) is 0 Å². The molecule has 0 radical (unpaired) electrons. The van der Waals surface area contributed by atoms with Gasteiger partial charge >= 0.3 is 5.97 Å². The predicted octanol–water partition coefficient (Wildman–Crippen LogP) is 4.62. The van der Waals surface area contributed by atoms with Crippen molar-refractivity contribution in [1.29, 1.82) is 0 Å². The Morgan fingerprint density at radius 1 is 1.32 bits per heavy atom. The monoisotopic (exact) mass is 341 g/mol. The Morgan fingerprint density at radius 2 is 2.00 bits per heavy atom. The Morgan fingerprint density at radius 3 is 2.60 bits per heavy atom. The van der Waals surface area contributed by atoms with Crippen molar-refractivity contribution >= 4 is 5.97 Å². The Labute approximate surface area is 152 Å². The number of nitrogens with zero attached hydrogens (tertiary/aromatic N) is 1. The molecule has 1 heterocycles. The summed E-state index contributed by atoms with van der Waals surface area (Å²) in [4.78, 5) is 14.3. The average molecular weight is 341 g/mol. The van der Waals surface area contributed by atoms with E-state index in [-0.39, 0.29) is 24.0 Å². The Kier molecular flexibility index (Phi) is 6.46. The number of likely N-dealkylation sites (tertiary alicyclic amines) is 1. The van der Waals surface area contributed by atoms with E-state index >= 15 is 0 Å². The van der Waals surface area contributed by atoms with Gasteiger partial charge in [0.2, 0.25) is 0 Å². The first-order valence-electron chi connectivity index (χ1n) is 9.11. The van der Waals surface area contributed by atoms with Crippen LogP contribution >= 0.6 is 0 Å². The average Bonchev–Trinajstić information content (AvgIpc) is 3.00. The van der Waals surface area contributed by atoms with Crippen molar-refractivity contribution in [3.05, 3.63) is 59.8 Å². The summed E-state index contributed by atoms with van der Waals surface area (Å²) < 4.78 is 5.22. The summed E-state index contributed by atoms with van der Waals surface area (Å²) >= 11 is 0. The highest BCUT2D eigenvalue weighted by atomic mass is 16.5. The third-order valence-corrected chi connectivity index (χ3v) is 4.60. The summed E-state index contributed by atoms with van der Waals surface area (Å²) in [6.07, 6.45) is 6.53. The number of rotatable bonds is 6. The number of benzene rings is 1. The molecule has 0 N–H and O–H groups in total. The summed E-state index contributed by atoms with van der Waals surface area (Å²) in [6, 6.07) is 8.69. The highest BCUT2D eigenvalue weighted by molar-refractivity contribution is 5.76. The van der Waals surface area contributed by atoms with Gasteiger partial charge in [-0.05, 0) is 48.9 Å². The zero-order valence-corrected chi connectivity index (χ0v) is 16.0. The van der Waals surface area contributed by atoms with E-state index in [4.69, 9.17) is 4.74 Å². The number of hydrogen-bond acceptors (Lipinski definition) is 3. The maximum Gasteiger partial charge on any atom is 0.329 e. The van der Waals surface area contributed by atoms with Crippen LogP contribution in [0.4, 0.5) is 0 Å². The molecule has 0 aromatic heterocycles. The molecule has 2 rings (SSSR count). The molecule has 3 heteroatoms. The van der Waals surface area contributed by atoms with Gasteiger partial charge in [0.25, 0.3) is 0 Å². The fraction of sp³-hybridized carbons (Fsp3) is 0.500. The lowest BCUT2D eigenvalue weighted by atomic mass is 9.86. The van der Waals surface area contributed by atoms with E-state index < -0.39 is 0 Å².